The molecule has 0 aliphatic carbocycles. The topological polar surface area (TPSA) is 98.0 Å². The standard InChI is InChI=1S/C23H31NO6/c1-12(2)16(11-25)24-19(26)9-15-13(3)20-18(28-6)10-17-14(21(20)29-22(15)27)7-8-23(4,5)30-17/h10,12,16,25H,7-9,11H2,1-6H3,(H,24,26)/t16-/m0/s1. The molecule has 1 aromatic carbocycles. The van der Waals surface area contributed by atoms with Gasteiger partial charge in [-0.3, -0.25) is 4.79 Å². The number of amides is 1. The Labute approximate surface area is 176 Å². The van der Waals surface area contributed by atoms with Gasteiger partial charge in [-0.15, -0.1) is 0 Å². The number of hydrogen-bond acceptors (Lipinski definition) is 6. The van der Waals surface area contributed by atoms with Gasteiger partial charge in [0.25, 0.3) is 0 Å². The van der Waals surface area contributed by atoms with Crippen LogP contribution in [0.1, 0.15) is 50.8 Å². The average Bonchev–Trinajstić information content (AvgIpc) is 2.67. The molecule has 0 fully saturated rings. The molecule has 1 aromatic heterocycles. The fourth-order valence-corrected chi connectivity index (χ4v) is 3.89. The van der Waals surface area contributed by atoms with Gasteiger partial charge < -0.3 is 24.3 Å². The maximum absolute atomic E-state index is 12.8. The van der Waals surface area contributed by atoms with E-state index in [-0.39, 0.29) is 42.1 Å². The first kappa shape index (κ1) is 22.2. The van der Waals surface area contributed by atoms with E-state index < -0.39 is 5.63 Å². The number of ether oxygens (including phenoxy) is 2. The Bertz CT molecular complexity index is 1020. The molecule has 2 aromatic rings. The number of benzene rings is 1. The molecule has 0 unspecified atom stereocenters. The highest BCUT2D eigenvalue weighted by molar-refractivity contribution is 5.93. The van der Waals surface area contributed by atoms with E-state index in [0.29, 0.717) is 28.0 Å². The second-order valence-corrected chi connectivity index (χ2v) is 8.89. The van der Waals surface area contributed by atoms with Gasteiger partial charge in [0, 0.05) is 11.6 Å². The SMILES string of the molecule is COc1cc2c(c3oc(=O)c(CC(=O)N[C@@H](CO)C(C)C)c(C)c13)CCC(C)(C)O2. The summed E-state index contributed by atoms with van der Waals surface area (Å²) in [6.45, 7) is 9.50. The van der Waals surface area contributed by atoms with Gasteiger partial charge in [-0.2, -0.15) is 0 Å². The number of nitrogens with one attached hydrogen (secondary N) is 1. The van der Waals surface area contributed by atoms with Gasteiger partial charge in [-0.1, -0.05) is 13.8 Å². The van der Waals surface area contributed by atoms with Crippen molar-refractivity contribution in [1.82, 2.24) is 5.32 Å². The predicted molar refractivity (Wildman–Crippen MR) is 114 cm³/mol. The molecule has 30 heavy (non-hydrogen) atoms. The molecule has 0 saturated carbocycles. The lowest BCUT2D eigenvalue weighted by Gasteiger charge is -2.33. The van der Waals surface area contributed by atoms with E-state index in [1.807, 2.05) is 33.8 Å². The third-order valence-corrected chi connectivity index (χ3v) is 5.84. The van der Waals surface area contributed by atoms with Crippen molar-refractivity contribution in [2.75, 3.05) is 13.7 Å². The smallest absolute Gasteiger partial charge is 0.340 e. The van der Waals surface area contributed by atoms with Crippen molar-refractivity contribution in [3.05, 3.63) is 33.2 Å². The second kappa shape index (κ2) is 8.30. The molecular formula is C23H31NO6. The number of hydrogen-bond donors (Lipinski definition) is 2. The van der Waals surface area contributed by atoms with Crippen LogP contribution >= 0.6 is 0 Å². The van der Waals surface area contributed by atoms with E-state index in [9.17, 15) is 14.7 Å². The Kier molecular flexibility index (Phi) is 6.13. The van der Waals surface area contributed by atoms with Crippen LogP contribution in [0.2, 0.25) is 0 Å². The van der Waals surface area contributed by atoms with Crippen molar-refractivity contribution in [3.8, 4) is 11.5 Å². The van der Waals surface area contributed by atoms with Crippen LogP contribution in [0.5, 0.6) is 11.5 Å². The summed E-state index contributed by atoms with van der Waals surface area (Å²) in [6, 6.07) is 1.46. The summed E-state index contributed by atoms with van der Waals surface area (Å²) in [5.41, 5.74) is 1.41. The van der Waals surface area contributed by atoms with Crippen molar-refractivity contribution < 1.29 is 23.8 Å². The molecule has 2 N–H and O–H groups in total. The van der Waals surface area contributed by atoms with Crippen LogP contribution in [0.15, 0.2) is 15.3 Å². The summed E-state index contributed by atoms with van der Waals surface area (Å²) in [5.74, 6) is 0.939. The Morgan fingerprint density at radius 2 is 2.07 bits per heavy atom. The maximum Gasteiger partial charge on any atom is 0.340 e. The summed E-state index contributed by atoms with van der Waals surface area (Å²) in [4.78, 5) is 25.3. The van der Waals surface area contributed by atoms with Gasteiger partial charge in [-0.25, -0.2) is 4.79 Å². The number of fused-ring (bicyclic) bond motifs is 3. The fraction of sp³-hybridized carbons (Fsp3) is 0.565. The van der Waals surface area contributed by atoms with Gasteiger partial charge in [0.2, 0.25) is 5.91 Å². The maximum atomic E-state index is 12.8. The van der Waals surface area contributed by atoms with E-state index in [0.717, 1.165) is 18.4 Å². The molecule has 1 aliphatic heterocycles. The van der Waals surface area contributed by atoms with Crippen LogP contribution in [0.3, 0.4) is 0 Å². The Hall–Kier alpha value is -2.54. The lowest BCUT2D eigenvalue weighted by molar-refractivity contribution is -0.121. The van der Waals surface area contributed by atoms with Crippen molar-refractivity contribution >= 4 is 16.9 Å². The first-order valence-electron chi connectivity index (χ1n) is 10.3. The van der Waals surface area contributed by atoms with Gasteiger partial charge in [0.15, 0.2) is 0 Å². The largest absolute Gasteiger partial charge is 0.496 e. The second-order valence-electron chi connectivity index (χ2n) is 8.89. The van der Waals surface area contributed by atoms with Crippen LogP contribution in [-0.2, 0) is 17.6 Å². The molecule has 1 aliphatic rings. The third-order valence-electron chi connectivity index (χ3n) is 5.84. The number of aliphatic hydroxyl groups is 1. The Morgan fingerprint density at radius 1 is 1.37 bits per heavy atom. The van der Waals surface area contributed by atoms with Crippen LogP contribution in [0, 0.1) is 12.8 Å². The molecule has 0 spiro atoms. The molecule has 164 valence electrons. The summed E-state index contributed by atoms with van der Waals surface area (Å²) in [7, 11) is 1.56. The number of aryl methyl sites for hydroxylation is 2. The monoisotopic (exact) mass is 417 g/mol. The van der Waals surface area contributed by atoms with E-state index in [1.54, 1.807) is 14.0 Å². The summed E-state index contributed by atoms with van der Waals surface area (Å²) < 4.78 is 17.4. The normalized spacial score (nSPS) is 16.1. The van der Waals surface area contributed by atoms with Crippen LogP contribution in [-0.4, -0.2) is 36.4 Å². The number of rotatable bonds is 6. The van der Waals surface area contributed by atoms with E-state index in [1.165, 1.54) is 0 Å². The Balaban J connectivity index is 2.07. The van der Waals surface area contributed by atoms with Crippen LogP contribution < -0.4 is 20.4 Å². The van der Waals surface area contributed by atoms with Crippen molar-refractivity contribution in [3.63, 3.8) is 0 Å². The summed E-state index contributed by atoms with van der Waals surface area (Å²) in [5, 5.41) is 12.9. The molecule has 0 bridgehead atoms. The fourth-order valence-electron chi connectivity index (χ4n) is 3.89. The average molecular weight is 418 g/mol. The molecule has 2 heterocycles. The minimum Gasteiger partial charge on any atom is -0.496 e. The van der Waals surface area contributed by atoms with E-state index >= 15 is 0 Å². The summed E-state index contributed by atoms with van der Waals surface area (Å²) >= 11 is 0. The van der Waals surface area contributed by atoms with Gasteiger partial charge in [0.1, 0.15) is 22.7 Å². The number of aliphatic hydroxyl groups excluding tert-OH is 1. The first-order valence-corrected chi connectivity index (χ1v) is 10.3. The van der Waals surface area contributed by atoms with Crippen molar-refractivity contribution in [2.45, 2.75) is 65.5 Å². The molecule has 1 atom stereocenters. The first-order chi connectivity index (χ1) is 14.1. The van der Waals surface area contributed by atoms with Crippen LogP contribution in [0.4, 0.5) is 0 Å². The quantitative estimate of drug-likeness (QED) is 0.702. The van der Waals surface area contributed by atoms with Gasteiger partial charge in [0.05, 0.1) is 37.1 Å². The zero-order valence-electron chi connectivity index (χ0n) is 18.5. The highest BCUT2D eigenvalue weighted by atomic mass is 16.5. The van der Waals surface area contributed by atoms with E-state index in [4.69, 9.17) is 13.9 Å². The lowest BCUT2D eigenvalue weighted by atomic mass is 9.91. The van der Waals surface area contributed by atoms with Crippen molar-refractivity contribution in [2.24, 2.45) is 5.92 Å². The number of carbonyl (C=O) groups is 1. The van der Waals surface area contributed by atoms with Crippen LogP contribution in [0.25, 0.3) is 11.0 Å². The molecule has 7 heteroatoms. The lowest BCUT2D eigenvalue weighted by Crippen LogP contribution is -2.42. The molecule has 7 nitrogen and oxygen atoms in total. The number of methoxy groups -OCH3 is 1. The molecule has 3 rings (SSSR count). The number of carbonyl (C=O) groups excluding carboxylic acids is 1. The molecule has 0 saturated heterocycles. The van der Waals surface area contributed by atoms with E-state index in [2.05, 4.69) is 5.32 Å². The zero-order chi connectivity index (χ0) is 22.2. The van der Waals surface area contributed by atoms with Gasteiger partial charge >= 0.3 is 5.63 Å². The predicted octanol–water partition coefficient (Wildman–Crippen LogP) is 2.89. The minimum atomic E-state index is -0.541. The highest BCUT2D eigenvalue weighted by Crippen LogP contribution is 2.43. The summed E-state index contributed by atoms with van der Waals surface area (Å²) in [6.07, 6.45) is 1.39. The Morgan fingerprint density at radius 3 is 2.67 bits per heavy atom. The minimum absolute atomic E-state index is 0.0731. The van der Waals surface area contributed by atoms with Crippen molar-refractivity contribution in [1.29, 1.82) is 0 Å². The highest BCUT2D eigenvalue weighted by Gasteiger charge is 2.31. The zero-order valence-corrected chi connectivity index (χ0v) is 18.5. The third kappa shape index (κ3) is 4.17. The molecule has 1 amide bonds. The molecule has 0 radical (unpaired) electrons. The molecular weight excluding hydrogens is 386 g/mol. The van der Waals surface area contributed by atoms with Gasteiger partial charge in [-0.05, 0) is 45.1 Å².